The molecule has 33 heavy (non-hydrogen) atoms. The quantitative estimate of drug-likeness (QED) is 0.436. The molecule has 0 aliphatic carbocycles. The molecule has 2 N–H and O–H groups in total. The Morgan fingerprint density at radius 3 is 2.73 bits per heavy atom. The summed E-state index contributed by atoms with van der Waals surface area (Å²) in [5.41, 5.74) is 3.28. The Labute approximate surface area is 185 Å². The number of hydroxylamine groups is 1. The highest BCUT2D eigenvalue weighted by molar-refractivity contribution is 5.94. The van der Waals surface area contributed by atoms with Crippen LogP contribution in [-0.4, -0.2) is 44.3 Å². The van der Waals surface area contributed by atoms with Crippen LogP contribution in [0.5, 0.6) is 5.88 Å². The maximum absolute atomic E-state index is 12.3. The van der Waals surface area contributed by atoms with Crippen molar-refractivity contribution in [2.75, 3.05) is 6.54 Å². The third-order valence-corrected chi connectivity index (χ3v) is 4.11. The minimum Gasteiger partial charge on any atom is -0.473 e. The van der Waals surface area contributed by atoms with E-state index in [0.717, 1.165) is 6.33 Å². The lowest BCUT2D eigenvalue weighted by Gasteiger charge is -2.10. The van der Waals surface area contributed by atoms with E-state index in [9.17, 15) is 22.8 Å². The van der Waals surface area contributed by atoms with Crippen LogP contribution in [0, 0.1) is 0 Å². The van der Waals surface area contributed by atoms with Gasteiger partial charge in [0.15, 0.2) is 0 Å². The lowest BCUT2D eigenvalue weighted by Crippen LogP contribution is -2.31. The predicted molar refractivity (Wildman–Crippen MR) is 106 cm³/mol. The second-order valence-corrected chi connectivity index (χ2v) is 6.57. The van der Waals surface area contributed by atoms with Gasteiger partial charge >= 0.3 is 12.1 Å². The number of carbonyl (C=O) groups is 2. The van der Waals surface area contributed by atoms with Crippen LogP contribution in [-0.2, 0) is 29.3 Å². The fraction of sp³-hybridized carbons (Fsp3) is 0.250. The molecule has 0 fully saturated rings. The van der Waals surface area contributed by atoms with Gasteiger partial charge in [-0.15, -0.1) is 5.48 Å². The first-order chi connectivity index (χ1) is 15.8. The number of hydrogen-bond donors (Lipinski definition) is 2. The van der Waals surface area contributed by atoms with Crippen LogP contribution in [0.4, 0.5) is 13.2 Å². The highest BCUT2D eigenvalue weighted by atomic mass is 19.4. The fourth-order valence-corrected chi connectivity index (χ4v) is 2.56. The zero-order valence-electron chi connectivity index (χ0n) is 17.1. The molecule has 3 aromatic rings. The Balaban J connectivity index is 1.48. The molecule has 174 valence electrons. The van der Waals surface area contributed by atoms with Crippen LogP contribution in [0.3, 0.4) is 0 Å². The van der Waals surface area contributed by atoms with Crippen molar-refractivity contribution in [2.24, 2.45) is 0 Å². The summed E-state index contributed by atoms with van der Waals surface area (Å²) < 4.78 is 43.6. The number of alkyl halides is 3. The second-order valence-electron chi connectivity index (χ2n) is 6.57. The minimum absolute atomic E-state index is 0.0847. The Bertz CT molecular complexity index is 1080. The first-order valence-corrected chi connectivity index (χ1v) is 9.60. The molecule has 0 bridgehead atoms. The maximum atomic E-state index is 12.3. The summed E-state index contributed by atoms with van der Waals surface area (Å²) in [5.74, 6) is -2.45. The number of carbonyl (C=O) groups excluding carboxylic acids is 2. The van der Waals surface area contributed by atoms with E-state index in [-0.39, 0.29) is 30.6 Å². The summed E-state index contributed by atoms with van der Waals surface area (Å²) in [5, 5.41) is 6.87. The third-order valence-electron chi connectivity index (χ3n) is 4.11. The largest absolute Gasteiger partial charge is 0.492 e. The van der Waals surface area contributed by atoms with Crippen LogP contribution in [0.2, 0.25) is 0 Å². The molecule has 10 nitrogen and oxygen atoms in total. The summed E-state index contributed by atoms with van der Waals surface area (Å²) in [6, 6.07) is 9.99. The first kappa shape index (κ1) is 23.7. The molecule has 2 heterocycles. The van der Waals surface area contributed by atoms with E-state index >= 15 is 0 Å². The monoisotopic (exact) mass is 464 g/mol. The van der Waals surface area contributed by atoms with E-state index in [1.54, 1.807) is 47.4 Å². The van der Waals surface area contributed by atoms with E-state index in [0.29, 0.717) is 24.2 Å². The van der Waals surface area contributed by atoms with E-state index in [2.05, 4.69) is 25.2 Å². The Kier molecular flexibility index (Phi) is 7.91. The van der Waals surface area contributed by atoms with Crippen molar-refractivity contribution in [2.45, 2.75) is 25.9 Å². The van der Waals surface area contributed by atoms with Crippen LogP contribution >= 0.6 is 0 Å². The molecule has 0 atom stereocenters. The van der Waals surface area contributed by atoms with Gasteiger partial charge in [-0.1, -0.05) is 12.1 Å². The number of hydrogen-bond acceptors (Lipinski definition) is 8. The number of aromatic nitrogens is 4. The fourth-order valence-electron chi connectivity index (χ4n) is 2.56. The molecule has 1 aromatic carbocycles. The second kappa shape index (κ2) is 11.0. The normalized spacial score (nSPS) is 11.1. The molecule has 0 saturated carbocycles. The number of nitrogens with zero attached hydrogens (tertiary/aromatic N) is 4. The summed E-state index contributed by atoms with van der Waals surface area (Å²) in [6.07, 6.45) is -0.488. The minimum atomic E-state index is -5.10. The maximum Gasteiger partial charge on any atom is 0.492 e. The molecular formula is C20H19F3N6O4. The number of benzene rings is 1. The van der Waals surface area contributed by atoms with Gasteiger partial charge in [0.25, 0.3) is 5.91 Å². The zero-order chi connectivity index (χ0) is 23.7. The number of ether oxygens (including phenoxy) is 1. The van der Waals surface area contributed by atoms with E-state index in [1.807, 2.05) is 5.48 Å². The number of nitrogens with one attached hydrogen (secondary N) is 2. The number of rotatable bonds is 10. The van der Waals surface area contributed by atoms with Crippen molar-refractivity contribution < 1.29 is 32.3 Å². The van der Waals surface area contributed by atoms with Crippen molar-refractivity contribution in [3.8, 4) is 5.88 Å². The number of amides is 1. The first-order valence-electron chi connectivity index (χ1n) is 9.60. The van der Waals surface area contributed by atoms with Crippen molar-refractivity contribution in [3.63, 3.8) is 0 Å². The highest BCUT2D eigenvalue weighted by Gasteiger charge is 2.41. The predicted octanol–water partition coefficient (Wildman–Crippen LogP) is 1.79. The average molecular weight is 464 g/mol. The Morgan fingerprint density at radius 2 is 1.97 bits per heavy atom. The van der Waals surface area contributed by atoms with Crippen molar-refractivity contribution >= 4 is 11.9 Å². The summed E-state index contributed by atoms with van der Waals surface area (Å²) >= 11 is 0. The standard InChI is InChI=1S/C20H19F3N6O4/c21-20(22,23)19(31)33-28-11-16-10-17(26-13-25-16)32-12-14-3-1-4-15(9-14)18(30)24-6-8-29-7-2-5-27-29/h1-5,7,9-10,13,28H,6,8,11-12H2,(H,24,30). The zero-order valence-corrected chi connectivity index (χ0v) is 17.1. The van der Waals surface area contributed by atoms with Crippen LogP contribution < -0.4 is 15.5 Å². The van der Waals surface area contributed by atoms with E-state index < -0.39 is 12.1 Å². The van der Waals surface area contributed by atoms with Crippen LogP contribution in [0.25, 0.3) is 0 Å². The Morgan fingerprint density at radius 1 is 1.12 bits per heavy atom. The lowest BCUT2D eigenvalue weighted by molar-refractivity contribution is -0.207. The van der Waals surface area contributed by atoms with Gasteiger partial charge in [0.2, 0.25) is 5.88 Å². The highest BCUT2D eigenvalue weighted by Crippen LogP contribution is 2.16. The third kappa shape index (κ3) is 7.57. The van der Waals surface area contributed by atoms with Gasteiger partial charge in [-0.05, 0) is 23.8 Å². The Hall–Kier alpha value is -4.00. The molecule has 0 aliphatic heterocycles. The smallest absolute Gasteiger partial charge is 0.473 e. The molecule has 0 unspecified atom stereocenters. The van der Waals surface area contributed by atoms with Gasteiger partial charge in [0, 0.05) is 30.6 Å². The van der Waals surface area contributed by atoms with Gasteiger partial charge in [0.05, 0.1) is 18.8 Å². The summed E-state index contributed by atoms with van der Waals surface area (Å²) in [4.78, 5) is 34.7. The van der Waals surface area contributed by atoms with Crippen molar-refractivity contribution in [1.82, 2.24) is 30.5 Å². The summed E-state index contributed by atoms with van der Waals surface area (Å²) in [6.45, 7) is 0.759. The molecule has 1 amide bonds. The molecule has 0 aliphatic rings. The van der Waals surface area contributed by atoms with E-state index in [1.165, 1.54) is 6.07 Å². The van der Waals surface area contributed by atoms with Crippen molar-refractivity contribution in [3.05, 3.63) is 71.9 Å². The SMILES string of the molecule is O=C(NCCn1cccn1)c1cccc(COc2cc(CNOC(=O)C(F)(F)F)ncn2)c1. The van der Waals surface area contributed by atoms with Gasteiger partial charge in [-0.3, -0.25) is 9.48 Å². The lowest BCUT2D eigenvalue weighted by atomic mass is 10.1. The average Bonchev–Trinajstić information content (AvgIpc) is 3.31. The number of halogens is 3. The topological polar surface area (TPSA) is 120 Å². The molecule has 2 aromatic heterocycles. The van der Waals surface area contributed by atoms with Gasteiger partial charge in [-0.2, -0.15) is 18.3 Å². The molecular weight excluding hydrogens is 445 g/mol. The van der Waals surface area contributed by atoms with Crippen LogP contribution in [0.1, 0.15) is 21.6 Å². The van der Waals surface area contributed by atoms with Gasteiger partial charge in [-0.25, -0.2) is 14.8 Å². The summed E-state index contributed by atoms with van der Waals surface area (Å²) in [7, 11) is 0. The van der Waals surface area contributed by atoms with Crippen LogP contribution in [0.15, 0.2) is 55.1 Å². The molecule has 0 radical (unpaired) electrons. The van der Waals surface area contributed by atoms with E-state index in [4.69, 9.17) is 4.74 Å². The molecule has 13 heteroatoms. The molecule has 0 spiro atoms. The molecule has 3 rings (SSSR count). The van der Waals surface area contributed by atoms with Crippen molar-refractivity contribution in [1.29, 1.82) is 0 Å². The van der Waals surface area contributed by atoms with Gasteiger partial charge in [0.1, 0.15) is 12.9 Å². The van der Waals surface area contributed by atoms with Gasteiger partial charge < -0.3 is 14.9 Å². The molecule has 0 saturated heterocycles.